The molecular formula is C8H15N3O. The fourth-order valence-electron chi connectivity index (χ4n) is 1.84. The van der Waals surface area contributed by atoms with Gasteiger partial charge in [0.05, 0.1) is 12.6 Å². The number of rotatable bonds is 4. The van der Waals surface area contributed by atoms with Crippen LogP contribution >= 0.6 is 0 Å². The summed E-state index contributed by atoms with van der Waals surface area (Å²) < 4.78 is 0. The molecule has 1 aliphatic carbocycles. The molecule has 1 aliphatic rings. The van der Waals surface area contributed by atoms with Crippen molar-refractivity contribution in [2.24, 2.45) is 11.0 Å². The fourth-order valence-corrected chi connectivity index (χ4v) is 1.84. The van der Waals surface area contributed by atoms with Crippen molar-refractivity contribution >= 4 is 0 Å². The van der Waals surface area contributed by atoms with Gasteiger partial charge in [-0.05, 0) is 17.9 Å². The van der Waals surface area contributed by atoms with E-state index in [1.54, 1.807) is 0 Å². The molecule has 1 fully saturated rings. The molecule has 4 nitrogen and oxygen atoms in total. The van der Waals surface area contributed by atoms with Gasteiger partial charge in [0.25, 0.3) is 0 Å². The average molecular weight is 169 g/mol. The highest BCUT2D eigenvalue weighted by molar-refractivity contribution is 4.72. The third kappa shape index (κ3) is 3.11. The molecule has 68 valence electrons. The molecular weight excluding hydrogens is 154 g/mol. The summed E-state index contributed by atoms with van der Waals surface area (Å²) in [6.45, 7) is 0.229. The van der Waals surface area contributed by atoms with E-state index in [0.717, 1.165) is 6.42 Å². The molecule has 12 heavy (non-hydrogen) atoms. The molecule has 0 radical (unpaired) electrons. The van der Waals surface area contributed by atoms with E-state index in [1.165, 1.54) is 25.7 Å². The number of azide groups is 1. The molecule has 0 spiro atoms. The van der Waals surface area contributed by atoms with Crippen LogP contribution in [0.2, 0.25) is 0 Å². The van der Waals surface area contributed by atoms with Crippen LogP contribution in [-0.4, -0.2) is 17.8 Å². The van der Waals surface area contributed by atoms with Gasteiger partial charge in [-0.3, -0.25) is 0 Å². The largest absolute Gasteiger partial charge is 0.393 e. The van der Waals surface area contributed by atoms with Crippen molar-refractivity contribution in [3.63, 3.8) is 0 Å². The monoisotopic (exact) mass is 169 g/mol. The van der Waals surface area contributed by atoms with E-state index in [1.807, 2.05) is 0 Å². The summed E-state index contributed by atoms with van der Waals surface area (Å²) in [4.78, 5) is 2.62. The highest BCUT2D eigenvalue weighted by Crippen LogP contribution is 2.28. The molecule has 0 bridgehead atoms. The van der Waals surface area contributed by atoms with Crippen molar-refractivity contribution in [2.75, 3.05) is 6.54 Å². The lowest BCUT2D eigenvalue weighted by Gasteiger charge is -2.12. The minimum atomic E-state index is -0.427. The van der Waals surface area contributed by atoms with Crippen molar-refractivity contribution in [3.05, 3.63) is 10.4 Å². The van der Waals surface area contributed by atoms with Crippen LogP contribution in [-0.2, 0) is 0 Å². The van der Waals surface area contributed by atoms with E-state index in [4.69, 9.17) is 5.53 Å². The maximum atomic E-state index is 9.38. The second-order valence-corrected chi connectivity index (χ2v) is 3.45. The first-order valence-corrected chi connectivity index (χ1v) is 4.52. The Morgan fingerprint density at radius 3 is 2.75 bits per heavy atom. The van der Waals surface area contributed by atoms with Crippen molar-refractivity contribution in [3.8, 4) is 0 Å². The normalized spacial score (nSPS) is 20.4. The summed E-state index contributed by atoms with van der Waals surface area (Å²) in [7, 11) is 0. The standard InChI is InChI=1S/C8H15N3O/c9-11-10-6-8(12)5-7-3-1-2-4-7/h7-8,12H,1-6H2. The Kier molecular flexibility index (Phi) is 3.91. The Hall–Kier alpha value is -0.730. The summed E-state index contributed by atoms with van der Waals surface area (Å²) in [5.41, 5.74) is 8.02. The van der Waals surface area contributed by atoms with Gasteiger partial charge in [0, 0.05) is 4.91 Å². The molecule has 0 amide bonds. The Morgan fingerprint density at radius 1 is 1.50 bits per heavy atom. The highest BCUT2D eigenvalue weighted by atomic mass is 16.3. The van der Waals surface area contributed by atoms with E-state index < -0.39 is 6.10 Å². The summed E-state index contributed by atoms with van der Waals surface area (Å²) in [5, 5.41) is 12.7. The molecule has 0 aromatic heterocycles. The molecule has 0 heterocycles. The Bertz CT molecular complexity index is 171. The van der Waals surface area contributed by atoms with E-state index in [0.29, 0.717) is 5.92 Å². The molecule has 1 saturated carbocycles. The molecule has 1 unspecified atom stereocenters. The summed E-state index contributed by atoms with van der Waals surface area (Å²) >= 11 is 0. The molecule has 1 atom stereocenters. The van der Waals surface area contributed by atoms with Crippen LogP contribution in [0.3, 0.4) is 0 Å². The van der Waals surface area contributed by atoms with Gasteiger partial charge in [-0.2, -0.15) is 0 Å². The maximum absolute atomic E-state index is 9.38. The number of nitrogens with zero attached hydrogens (tertiary/aromatic N) is 3. The lowest BCUT2D eigenvalue weighted by Crippen LogP contribution is -2.14. The van der Waals surface area contributed by atoms with Gasteiger partial charge in [0.2, 0.25) is 0 Å². The summed E-state index contributed by atoms with van der Waals surface area (Å²) in [6, 6.07) is 0. The van der Waals surface area contributed by atoms with Crippen LogP contribution in [0.25, 0.3) is 10.4 Å². The SMILES string of the molecule is [N-]=[N+]=NCC(O)CC1CCCC1. The Morgan fingerprint density at radius 2 is 2.17 bits per heavy atom. The quantitative estimate of drug-likeness (QED) is 0.391. The van der Waals surface area contributed by atoms with Gasteiger partial charge in [-0.15, -0.1) is 0 Å². The molecule has 4 heteroatoms. The molecule has 0 aliphatic heterocycles. The third-order valence-electron chi connectivity index (χ3n) is 2.44. The molecule has 1 N–H and O–H groups in total. The van der Waals surface area contributed by atoms with Gasteiger partial charge >= 0.3 is 0 Å². The van der Waals surface area contributed by atoms with E-state index in [-0.39, 0.29) is 6.54 Å². The van der Waals surface area contributed by atoms with Gasteiger partial charge in [0.1, 0.15) is 0 Å². The van der Waals surface area contributed by atoms with Gasteiger partial charge in [-0.25, -0.2) is 0 Å². The smallest absolute Gasteiger partial charge is 0.0599 e. The second kappa shape index (κ2) is 5.01. The van der Waals surface area contributed by atoms with Crippen LogP contribution in [0.1, 0.15) is 32.1 Å². The zero-order chi connectivity index (χ0) is 8.81. The predicted octanol–water partition coefficient (Wildman–Crippen LogP) is 2.24. The van der Waals surface area contributed by atoms with E-state index in [9.17, 15) is 5.11 Å². The molecule has 0 saturated heterocycles. The van der Waals surface area contributed by atoms with Crippen LogP contribution in [0.15, 0.2) is 5.11 Å². The van der Waals surface area contributed by atoms with Crippen molar-refractivity contribution < 1.29 is 5.11 Å². The fraction of sp³-hybridized carbons (Fsp3) is 1.00. The molecule has 0 aromatic carbocycles. The average Bonchev–Trinajstić information content (AvgIpc) is 2.53. The first kappa shape index (κ1) is 9.36. The summed E-state index contributed by atoms with van der Waals surface area (Å²) in [5.74, 6) is 0.661. The van der Waals surface area contributed by atoms with Crippen molar-refractivity contribution in [2.45, 2.75) is 38.2 Å². The topological polar surface area (TPSA) is 69.0 Å². The summed E-state index contributed by atoms with van der Waals surface area (Å²) in [6.07, 6.45) is 5.42. The molecule has 0 aromatic rings. The molecule has 1 rings (SSSR count). The lowest BCUT2D eigenvalue weighted by atomic mass is 10.0. The van der Waals surface area contributed by atoms with Crippen LogP contribution in [0.5, 0.6) is 0 Å². The van der Waals surface area contributed by atoms with Crippen molar-refractivity contribution in [1.82, 2.24) is 0 Å². The van der Waals surface area contributed by atoms with E-state index >= 15 is 0 Å². The van der Waals surface area contributed by atoms with E-state index in [2.05, 4.69) is 10.0 Å². The zero-order valence-corrected chi connectivity index (χ0v) is 7.19. The van der Waals surface area contributed by atoms with Gasteiger partial charge in [0.15, 0.2) is 0 Å². The van der Waals surface area contributed by atoms with Crippen LogP contribution in [0, 0.1) is 5.92 Å². The van der Waals surface area contributed by atoms with Crippen molar-refractivity contribution in [1.29, 1.82) is 0 Å². The number of hydrogen-bond donors (Lipinski definition) is 1. The first-order chi connectivity index (χ1) is 5.83. The number of hydrogen-bond acceptors (Lipinski definition) is 2. The maximum Gasteiger partial charge on any atom is 0.0599 e. The van der Waals surface area contributed by atoms with Gasteiger partial charge in [-0.1, -0.05) is 30.8 Å². The van der Waals surface area contributed by atoms with Crippen LogP contribution in [0.4, 0.5) is 0 Å². The highest BCUT2D eigenvalue weighted by Gasteiger charge is 2.17. The first-order valence-electron chi connectivity index (χ1n) is 4.52. The predicted molar refractivity (Wildman–Crippen MR) is 46.6 cm³/mol. The minimum absolute atomic E-state index is 0.229. The zero-order valence-electron chi connectivity index (χ0n) is 7.19. The Labute approximate surface area is 72.2 Å². The number of aliphatic hydroxyl groups is 1. The minimum Gasteiger partial charge on any atom is -0.393 e. The number of aliphatic hydroxyl groups excluding tert-OH is 1. The van der Waals surface area contributed by atoms with Gasteiger partial charge < -0.3 is 5.11 Å². The lowest BCUT2D eigenvalue weighted by molar-refractivity contribution is 0.150. The Balaban J connectivity index is 2.15. The van der Waals surface area contributed by atoms with Crippen LogP contribution < -0.4 is 0 Å². The second-order valence-electron chi connectivity index (χ2n) is 3.45. The third-order valence-corrected chi connectivity index (χ3v) is 2.44.